The summed E-state index contributed by atoms with van der Waals surface area (Å²) in [6.07, 6.45) is 4.49. The van der Waals surface area contributed by atoms with E-state index in [1.54, 1.807) is 0 Å². The number of hydrogen-bond donors (Lipinski definition) is 1. The molecule has 1 fully saturated rings. The summed E-state index contributed by atoms with van der Waals surface area (Å²) in [5, 5.41) is 0. The van der Waals surface area contributed by atoms with E-state index >= 15 is 0 Å². The summed E-state index contributed by atoms with van der Waals surface area (Å²) in [5.74, 6) is 0.772. The van der Waals surface area contributed by atoms with Crippen molar-refractivity contribution >= 4 is 0 Å². The van der Waals surface area contributed by atoms with Crippen LogP contribution in [0.2, 0.25) is 0 Å². The van der Waals surface area contributed by atoms with E-state index in [-0.39, 0.29) is 5.54 Å². The van der Waals surface area contributed by atoms with Gasteiger partial charge in [0.25, 0.3) is 0 Å². The average Bonchev–Trinajstić information content (AvgIpc) is 2.03. The molecule has 2 N–H and O–H groups in total. The third-order valence-electron chi connectivity index (χ3n) is 2.71. The molecule has 0 amide bonds. The van der Waals surface area contributed by atoms with Crippen LogP contribution >= 0.6 is 0 Å². The molecule has 0 saturated carbocycles. The minimum Gasteiger partial charge on any atom is -0.381 e. The summed E-state index contributed by atoms with van der Waals surface area (Å²) in [6, 6.07) is 0. The van der Waals surface area contributed by atoms with Gasteiger partial charge in [-0.1, -0.05) is 13.8 Å². The lowest BCUT2D eigenvalue weighted by molar-refractivity contribution is 0.0483. The summed E-state index contributed by atoms with van der Waals surface area (Å²) in [4.78, 5) is 0. The van der Waals surface area contributed by atoms with Crippen LogP contribution in [0.25, 0.3) is 0 Å². The Morgan fingerprint density at radius 1 is 1.33 bits per heavy atom. The van der Waals surface area contributed by atoms with Gasteiger partial charge in [0.05, 0.1) is 0 Å². The van der Waals surface area contributed by atoms with Gasteiger partial charge in [-0.15, -0.1) is 0 Å². The number of ether oxygens (including phenoxy) is 1. The second kappa shape index (κ2) is 4.24. The van der Waals surface area contributed by atoms with E-state index in [4.69, 9.17) is 10.5 Å². The summed E-state index contributed by atoms with van der Waals surface area (Å²) in [7, 11) is 0. The number of hydrogen-bond acceptors (Lipinski definition) is 2. The minimum atomic E-state index is 0.0858. The first kappa shape index (κ1) is 10.0. The van der Waals surface area contributed by atoms with Crippen molar-refractivity contribution in [2.75, 3.05) is 13.2 Å². The standard InChI is InChI=1S/C10H21NO/c1-9(2)3-4-10(11)5-7-12-8-6-10/h9H,3-8,11H2,1-2H3. The van der Waals surface area contributed by atoms with Gasteiger partial charge >= 0.3 is 0 Å². The molecular formula is C10H21NO. The topological polar surface area (TPSA) is 35.2 Å². The highest BCUT2D eigenvalue weighted by molar-refractivity contribution is 4.86. The Morgan fingerprint density at radius 2 is 1.92 bits per heavy atom. The molecule has 1 aliphatic heterocycles. The van der Waals surface area contributed by atoms with E-state index in [9.17, 15) is 0 Å². The Bertz CT molecular complexity index is 128. The molecule has 2 heteroatoms. The molecule has 2 nitrogen and oxygen atoms in total. The highest BCUT2D eigenvalue weighted by atomic mass is 16.5. The van der Waals surface area contributed by atoms with Crippen molar-refractivity contribution in [2.24, 2.45) is 11.7 Å². The molecule has 1 rings (SSSR count). The maximum absolute atomic E-state index is 6.23. The van der Waals surface area contributed by atoms with Crippen LogP contribution in [0.3, 0.4) is 0 Å². The zero-order valence-electron chi connectivity index (χ0n) is 8.31. The first-order valence-electron chi connectivity index (χ1n) is 4.99. The van der Waals surface area contributed by atoms with Crippen molar-refractivity contribution in [3.8, 4) is 0 Å². The van der Waals surface area contributed by atoms with Gasteiger partial charge in [0.2, 0.25) is 0 Å². The molecule has 0 radical (unpaired) electrons. The normalized spacial score (nSPS) is 23.0. The van der Waals surface area contributed by atoms with Crippen LogP contribution < -0.4 is 5.73 Å². The summed E-state index contributed by atoms with van der Waals surface area (Å²) >= 11 is 0. The fourth-order valence-electron chi connectivity index (χ4n) is 1.60. The molecular weight excluding hydrogens is 150 g/mol. The van der Waals surface area contributed by atoms with Crippen molar-refractivity contribution in [3.05, 3.63) is 0 Å². The molecule has 0 aromatic rings. The molecule has 1 saturated heterocycles. The van der Waals surface area contributed by atoms with Gasteiger partial charge in [0.1, 0.15) is 0 Å². The monoisotopic (exact) mass is 171 g/mol. The van der Waals surface area contributed by atoms with Gasteiger partial charge < -0.3 is 10.5 Å². The predicted molar refractivity (Wildman–Crippen MR) is 51.0 cm³/mol. The maximum atomic E-state index is 6.23. The maximum Gasteiger partial charge on any atom is 0.0483 e. The second-order valence-electron chi connectivity index (χ2n) is 4.41. The van der Waals surface area contributed by atoms with Gasteiger partial charge in [-0.25, -0.2) is 0 Å². The molecule has 0 unspecified atom stereocenters. The molecule has 0 aromatic carbocycles. The smallest absolute Gasteiger partial charge is 0.0483 e. The van der Waals surface area contributed by atoms with Gasteiger partial charge in [-0.05, 0) is 31.6 Å². The summed E-state index contributed by atoms with van der Waals surface area (Å²) in [5.41, 5.74) is 6.31. The van der Waals surface area contributed by atoms with E-state index in [0.717, 1.165) is 38.4 Å². The minimum absolute atomic E-state index is 0.0858. The van der Waals surface area contributed by atoms with Crippen LogP contribution in [0.15, 0.2) is 0 Å². The van der Waals surface area contributed by atoms with Gasteiger partial charge in [0.15, 0.2) is 0 Å². The Morgan fingerprint density at radius 3 is 2.42 bits per heavy atom. The van der Waals surface area contributed by atoms with E-state index in [1.807, 2.05) is 0 Å². The lowest BCUT2D eigenvalue weighted by Gasteiger charge is -2.33. The van der Waals surface area contributed by atoms with E-state index in [1.165, 1.54) is 6.42 Å². The Balaban J connectivity index is 2.26. The Hall–Kier alpha value is -0.0800. The third kappa shape index (κ3) is 3.11. The van der Waals surface area contributed by atoms with Crippen LogP contribution in [-0.4, -0.2) is 18.8 Å². The summed E-state index contributed by atoms with van der Waals surface area (Å²) < 4.78 is 5.29. The SMILES string of the molecule is CC(C)CCC1(N)CCOCC1. The molecule has 1 heterocycles. The van der Waals surface area contributed by atoms with Crippen molar-refractivity contribution in [1.29, 1.82) is 0 Å². The van der Waals surface area contributed by atoms with E-state index < -0.39 is 0 Å². The van der Waals surface area contributed by atoms with Crippen molar-refractivity contribution in [3.63, 3.8) is 0 Å². The molecule has 0 bridgehead atoms. The lowest BCUT2D eigenvalue weighted by atomic mass is 9.84. The predicted octanol–water partition coefficient (Wildman–Crippen LogP) is 1.93. The first-order chi connectivity index (χ1) is 5.62. The quantitative estimate of drug-likeness (QED) is 0.704. The van der Waals surface area contributed by atoms with E-state index in [0.29, 0.717) is 0 Å². The second-order valence-corrected chi connectivity index (χ2v) is 4.41. The van der Waals surface area contributed by atoms with E-state index in [2.05, 4.69) is 13.8 Å². The number of rotatable bonds is 3. The van der Waals surface area contributed by atoms with Gasteiger partial charge in [0, 0.05) is 18.8 Å². The van der Waals surface area contributed by atoms with Crippen LogP contribution in [-0.2, 0) is 4.74 Å². The highest BCUT2D eigenvalue weighted by Crippen LogP contribution is 2.24. The van der Waals surface area contributed by atoms with Gasteiger partial charge in [-0.3, -0.25) is 0 Å². The fraction of sp³-hybridized carbons (Fsp3) is 1.00. The molecule has 72 valence electrons. The zero-order chi connectivity index (χ0) is 9.03. The number of nitrogens with two attached hydrogens (primary N) is 1. The molecule has 0 atom stereocenters. The Labute approximate surface area is 75.5 Å². The van der Waals surface area contributed by atoms with Crippen LogP contribution in [0.1, 0.15) is 39.5 Å². The van der Waals surface area contributed by atoms with Crippen molar-refractivity contribution < 1.29 is 4.74 Å². The Kier molecular flexibility index (Phi) is 3.53. The molecule has 12 heavy (non-hydrogen) atoms. The van der Waals surface area contributed by atoms with Crippen molar-refractivity contribution in [2.45, 2.75) is 45.1 Å². The lowest BCUT2D eigenvalue weighted by Crippen LogP contribution is -2.45. The zero-order valence-corrected chi connectivity index (χ0v) is 8.31. The fourth-order valence-corrected chi connectivity index (χ4v) is 1.60. The van der Waals surface area contributed by atoms with Gasteiger partial charge in [-0.2, -0.15) is 0 Å². The third-order valence-corrected chi connectivity index (χ3v) is 2.71. The van der Waals surface area contributed by atoms with Crippen LogP contribution in [0.4, 0.5) is 0 Å². The molecule has 0 aromatic heterocycles. The first-order valence-corrected chi connectivity index (χ1v) is 4.99. The molecule has 1 aliphatic rings. The van der Waals surface area contributed by atoms with Crippen molar-refractivity contribution in [1.82, 2.24) is 0 Å². The molecule has 0 aliphatic carbocycles. The largest absolute Gasteiger partial charge is 0.381 e. The van der Waals surface area contributed by atoms with Crippen LogP contribution in [0, 0.1) is 5.92 Å². The highest BCUT2D eigenvalue weighted by Gasteiger charge is 2.27. The average molecular weight is 171 g/mol. The molecule has 0 spiro atoms. The van der Waals surface area contributed by atoms with Crippen LogP contribution in [0.5, 0.6) is 0 Å². The summed E-state index contributed by atoms with van der Waals surface area (Å²) in [6.45, 7) is 6.22.